The summed E-state index contributed by atoms with van der Waals surface area (Å²) < 4.78 is 0. The van der Waals surface area contributed by atoms with Crippen molar-refractivity contribution >= 4 is 5.97 Å². The molecular formula is C27H48O2. The van der Waals surface area contributed by atoms with E-state index in [0.29, 0.717) is 0 Å². The van der Waals surface area contributed by atoms with Crippen molar-refractivity contribution in [3.8, 4) is 0 Å². The highest BCUT2D eigenvalue weighted by atomic mass is 16.4. The van der Waals surface area contributed by atoms with E-state index in [-0.39, 0.29) is 6.42 Å². The molecule has 29 heavy (non-hydrogen) atoms. The second-order valence-corrected chi connectivity index (χ2v) is 9.05. The zero-order valence-corrected chi connectivity index (χ0v) is 19.3. The average molecular weight is 405 g/mol. The van der Waals surface area contributed by atoms with E-state index < -0.39 is 5.97 Å². The predicted octanol–water partition coefficient (Wildman–Crippen LogP) is 9.01. The van der Waals surface area contributed by atoms with Gasteiger partial charge in [0.1, 0.15) is 0 Å². The standard InChI is InChI=1S/C27H48O2/c1-2-3-4-5-6-7-8-9-10-11-12-15-18-21-25-24-26(25)22-19-16-13-14-17-20-23-27(28)29/h13-14,22,25H,2-12,15-21,23-24H2,1H3,(H,28,29)/b14-13-,26-22+/t25-/m1/s1. The summed E-state index contributed by atoms with van der Waals surface area (Å²) in [6.07, 6.45) is 32.5. The molecule has 0 bridgehead atoms. The smallest absolute Gasteiger partial charge is 0.303 e. The minimum absolute atomic E-state index is 0.287. The Morgan fingerprint density at radius 2 is 1.34 bits per heavy atom. The first-order valence-corrected chi connectivity index (χ1v) is 12.8. The van der Waals surface area contributed by atoms with Crippen molar-refractivity contribution in [2.75, 3.05) is 0 Å². The Morgan fingerprint density at radius 1 is 0.793 bits per heavy atom. The van der Waals surface area contributed by atoms with Gasteiger partial charge in [0.25, 0.3) is 0 Å². The van der Waals surface area contributed by atoms with Crippen molar-refractivity contribution in [1.29, 1.82) is 0 Å². The van der Waals surface area contributed by atoms with Crippen LogP contribution in [0, 0.1) is 5.92 Å². The minimum Gasteiger partial charge on any atom is -0.481 e. The molecule has 1 atom stereocenters. The summed E-state index contributed by atoms with van der Waals surface area (Å²) in [5.41, 5.74) is 1.70. The largest absolute Gasteiger partial charge is 0.481 e. The van der Waals surface area contributed by atoms with Crippen molar-refractivity contribution in [3.63, 3.8) is 0 Å². The van der Waals surface area contributed by atoms with Gasteiger partial charge in [-0.05, 0) is 44.4 Å². The quantitative estimate of drug-likeness (QED) is 0.153. The van der Waals surface area contributed by atoms with Crippen LogP contribution >= 0.6 is 0 Å². The molecule has 0 aromatic rings. The highest BCUT2D eigenvalue weighted by Gasteiger charge is 2.27. The van der Waals surface area contributed by atoms with Crippen molar-refractivity contribution in [2.24, 2.45) is 5.92 Å². The van der Waals surface area contributed by atoms with Gasteiger partial charge in [-0.1, -0.05) is 114 Å². The number of carbonyl (C=O) groups is 1. The number of unbranched alkanes of at least 4 members (excludes halogenated alkanes) is 14. The van der Waals surface area contributed by atoms with Gasteiger partial charge >= 0.3 is 5.97 Å². The maximum absolute atomic E-state index is 10.4. The Morgan fingerprint density at radius 3 is 1.93 bits per heavy atom. The molecule has 0 amide bonds. The molecule has 0 heterocycles. The van der Waals surface area contributed by atoms with Crippen molar-refractivity contribution < 1.29 is 9.90 Å². The van der Waals surface area contributed by atoms with Crippen LogP contribution in [0.4, 0.5) is 0 Å². The fourth-order valence-electron chi connectivity index (χ4n) is 4.14. The number of carboxylic acid groups (broad SMARTS) is 1. The van der Waals surface area contributed by atoms with E-state index in [9.17, 15) is 4.79 Å². The number of aliphatic carboxylic acids is 1. The minimum atomic E-state index is -0.689. The predicted molar refractivity (Wildman–Crippen MR) is 126 cm³/mol. The van der Waals surface area contributed by atoms with E-state index in [1.807, 2.05) is 0 Å². The molecule has 0 unspecified atom stereocenters. The lowest BCUT2D eigenvalue weighted by Gasteiger charge is -2.03. The van der Waals surface area contributed by atoms with Crippen molar-refractivity contribution in [2.45, 2.75) is 135 Å². The Hall–Kier alpha value is -1.05. The Labute approximate surface area is 181 Å². The van der Waals surface area contributed by atoms with Crippen LogP contribution in [0.1, 0.15) is 135 Å². The lowest BCUT2D eigenvalue weighted by molar-refractivity contribution is -0.137. The summed E-state index contributed by atoms with van der Waals surface area (Å²) >= 11 is 0. The third-order valence-corrected chi connectivity index (χ3v) is 6.17. The molecular weight excluding hydrogens is 356 g/mol. The van der Waals surface area contributed by atoms with Crippen LogP contribution in [0.15, 0.2) is 23.8 Å². The van der Waals surface area contributed by atoms with Crippen LogP contribution in [0.3, 0.4) is 0 Å². The summed E-state index contributed by atoms with van der Waals surface area (Å²) in [7, 11) is 0. The first kappa shape index (κ1) is 26.0. The zero-order valence-electron chi connectivity index (χ0n) is 19.3. The summed E-state index contributed by atoms with van der Waals surface area (Å²) in [5.74, 6) is 0.216. The molecule has 0 aromatic heterocycles. The third-order valence-electron chi connectivity index (χ3n) is 6.17. The van der Waals surface area contributed by atoms with Crippen LogP contribution in [-0.2, 0) is 4.79 Å². The summed E-state index contributed by atoms with van der Waals surface area (Å²) in [5, 5.41) is 8.59. The number of carboxylic acids is 1. The van der Waals surface area contributed by atoms with Gasteiger partial charge in [-0.25, -0.2) is 0 Å². The van der Waals surface area contributed by atoms with E-state index in [2.05, 4.69) is 25.2 Å². The molecule has 1 N–H and O–H groups in total. The maximum Gasteiger partial charge on any atom is 0.303 e. The van der Waals surface area contributed by atoms with Crippen LogP contribution in [0.2, 0.25) is 0 Å². The van der Waals surface area contributed by atoms with Gasteiger partial charge in [-0.15, -0.1) is 0 Å². The van der Waals surface area contributed by atoms with Crippen LogP contribution < -0.4 is 0 Å². The van der Waals surface area contributed by atoms with Crippen molar-refractivity contribution in [1.82, 2.24) is 0 Å². The Kier molecular flexibility index (Phi) is 17.0. The van der Waals surface area contributed by atoms with E-state index in [1.54, 1.807) is 5.57 Å². The normalized spacial score (nSPS) is 17.4. The highest BCUT2D eigenvalue weighted by molar-refractivity contribution is 5.66. The van der Waals surface area contributed by atoms with Gasteiger partial charge in [-0.2, -0.15) is 0 Å². The molecule has 1 fully saturated rings. The van der Waals surface area contributed by atoms with Gasteiger partial charge < -0.3 is 5.11 Å². The molecule has 1 rings (SSSR count). The summed E-state index contributed by atoms with van der Waals surface area (Å²) in [6.45, 7) is 2.29. The molecule has 1 aliphatic rings. The van der Waals surface area contributed by atoms with E-state index in [4.69, 9.17) is 5.11 Å². The topological polar surface area (TPSA) is 37.3 Å². The fraction of sp³-hybridized carbons (Fsp3) is 0.815. The molecule has 2 heteroatoms. The van der Waals surface area contributed by atoms with Crippen molar-refractivity contribution in [3.05, 3.63) is 23.8 Å². The Bertz CT molecular complexity index is 449. The zero-order chi connectivity index (χ0) is 21.0. The van der Waals surface area contributed by atoms with Crippen LogP contribution in [0.5, 0.6) is 0 Å². The number of hydrogen-bond donors (Lipinski definition) is 1. The van der Waals surface area contributed by atoms with Gasteiger partial charge in [0.2, 0.25) is 0 Å². The SMILES string of the molecule is CCCCCCCCCCCCCCC[C@@H]1C/C1=C\CC/C=C\CCCC(=O)O. The van der Waals surface area contributed by atoms with E-state index in [1.165, 1.54) is 96.3 Å². The van der Waals surface area contributed by atoms with Gasteiger partial charge in [-0.3, -0.25) is 4.79 Å². The second kappa shape index (κ2) is 18.9. The molecule has 1 saturated carbocycles. The van der Waals surface area contributed by atoms with E-state index in [0.717, 1.165) is 31.6 Å². The van der Waals surface area contributed by atoms with Crippen LogP contribution in [0.25, 0.3) is 0 Å². The summed E-state index contributed by atoms with van der Waals surface area (Å²) in [4.78, 5) is 10.4. The molecule has 0 aliphatic heterocycles. The lowest BCUT2D eigenvalue weighted by Crippen LogP contribution is -1.92. The number of hydrogen-bond acceptors (Lipinski definition) is 1. The molecule has 0 radical (unpaired) electrons. The monoisotopic (exact) mass is 404 g/mol. The molecule has 0 saturated heterocycles. The van der Waals surface area contributed by atoms with Gasteiger partial charge in [0.15, 0.2) is 0 Å². The average Bonchev–Trinajstić information content (AvgIpc) is 3.45. The first-order chi connectivity index (χ1) is 14.2. The fourth-order valence-corrected chi connectivity index (χ4v) is 4.14. The molecule has 1 aliphatic carbocycles. The first-order valence-electron chi connectivity index (χ1n) is 12.8. The van der Waals surface area contributed by atoms with Crippen LogP contribution in [-0.4, -0.2) is 11.1 Å². The maximum atomic E-state index is 10.4. The highest BCUT2D eigenvalue weighted by Crippen LogP contribution is 2.42. The molecule has 0 spiro atoms. The van der Waals surface area contributed by atoms with Gasteiger partial charge in [0, 0.05) is 6.42 Å². The number of allylic oxidation sites excluding steroid dienone is 4. The molecule has 168 valence electrons. The Balaban J connectivity index is 1.79. The third kappa shape index (κ3) is 17.5. The molecule has 2 nitrogen and oxygen atoms in total. The number of rotatable bonds is 21. The van der Waals surface area contributed by atoms with Gasteiger partial charge in [0.05, 0.1) is 0 Å². The summed E-state index contributed by atoms with van der Waals surface area (Å²) in [6, 6.07) is 0. The molecule has 0 aromatic carbocycles. The second-order valence-electron chi connectivity index (χ2n) is 9.05. The van der Waals surface area contributed by atoms with E-state index >= 15 is 0 Å². The lowest BCUT2D eigenvalue weighted by atomic mass is 10.0.